The summed E-state index contributed by atoms with van der Waals surface area (Å²) >= 11 is 5.74. The van der Waals surface area contributed by atoms with E-state index in [1.54, 1.807) is 18.3 Å². The number of hydrogen-bond donors (Lipinski definition) is 2. The summed E-state index contributed by atoms with van der Waals surface area (Å²) < 4.78 is 15.6. The molecular formula is C28H26FN5OS. The first-order valence-corrected chi connectivity index (χ1v) is 12.2. The lowest BCUT2D eigenvalue weighted by Gasteiger charge is -2.28. The van der Waals surface area contributed by atoms with Crippen LogP contribution in [0.25, 0.3) is 5.69 Å². The van der Waals surface area contributed by atoms with Gasteiger partial charge in [0.15, 0.2) is 5.11 Å². The number of halogens is 1. The van der Waals surface area contributed by atoms with Gasteiger partial charge in [-0.1, -0.05) is 18.2 Å². The number of aryl methyl sites for hydroxylation is 1. The van der Waals surface area contributed by atoms with E-state index in [4.69, 9.17) is 12.2 Å². The summed E-state index contributed by atoms with van der Waals surface area (Å²) in [5.74, 6) is -0.374. The lowest BCUT2D eigenvalue weighted by Crippen LogP contribution is -2.33. The first-order valence-electron chi connectivity index (χ1n) is 11.8. The molecule has 1 aliphatic heterocycles. The molecule has 1 amide bonds. The van der Waals surface area contributed by atoms with Gasteiger partial charge in [-0.15, -0.1) is 0 Å². The predicted octanol–water partition coefficient (Wildman–Crippen LogP) is 5.32. The Hall–Kier alpha value is -4.04. The van der Waals surface area contributed by atoms with E-state index in [2.05, 4.69) is 15.6 Å². The van der Waals surface area contributed by atoms with Gasteiger partial charge >= 0.3 is 0 Å². The number of rotatable bonds is 7. The average Bonchev–Trinajstić information content (AvgIpc) is 3.48. The van der Waals surface area contributed by atoms with Crippen LogP contribution in [0, 0.1) is 12.7 Å². The maximum Gasteiger partial charge on any atom is 0.226 e. The normalized spacial score (nSPS) is 17.2. The van der Waals surface area contributed by atoms with Crippen molar-refractivity contribution in [2.24, 2.45) is 0 Å². The average molecular weight is 500 g/mol. The number of carbonyl (C=O) groups excluding carboxylic acids is 1. The molecule has 0 saturated carbocycles. The second-order valence-corrected chi connectivity index (χ2v) is 9.15. The molecule has 2 aromatic carbocycles. The molecule has 36 heavy (non-hydrogen) atoms. The third-order valence-electron chi connectivity index (χ3n) is 6.27. The maximum absolute atomic E-state index is 13.6. The first-order chi connectivity index (χ1) is 17.5. The standard InChI is InChI=1S/C28H26FN5OS/c1-19-6-4-7-21(18-19)31-25(35)14-17-34-27(26(32-28(34)36)23-8-2-3-15-30-23)24-9-5-16-33(24)22-12-10-20(29)11-13-22/h2-13,15-16,18,26-27H,14,17H2,1H3,(H,31,35)(H,32,36). The van der Waals surface area contributed by atoms with Crippen LogP contribution in [-0.4, -0.2) is 32.0 Å². The molecule has 182 valence electrons. The van der Waals surface area contributed by atoms with Crippen LogP contribution in [0.3, 0.4) is 0 Å². The number of nitrogens with zero attached hydrogens (tertiary/aromatic N) is 3. The van der Waals surface area contributed by atoms with Crippen LogP contribution >= 0.6 is 12.2 Å². The van der Waals surface area contributed by atoms with E-state index < -0.39 is 0 Å². The molecule has 1 aliphatic rings. The van der Waals surface area contributed by atoms with Crippen LogP contribution < -0.4 is 10.6 Å². The second kappa shape index (κ2) is 10.3. The Kier molecular flexibility index (Phi) is 6.77. The molecule has 0 spiro atoms. The highest BCUT2D eigenvalue weighted by atomic mass is 32.1. The van der Waals surface area contributed by atoms with Crippen LogP contribution in [0.2, 0.25) is 0 Å². The van der Waals surface area contributed by atoms with Crippen LogP contribution in [-0.2, 0) is 4.79 Å². The van der Waals surface area contributed by atoms with E-state index in [1.807, 2.05) is 77.2 Å². The van der Waals surface area contributed by atoms with Gasteiger partial charge in [0, 0.05) is 42.4 Å². The summed E-state index contributed by atoms with van der Waals surface area (Å²) in [7, 11) is 0. The lowest BCUT2D eigenvalue weighted by molar-refractivity contribution is -0.116. The number of pyridine rings is 1. The highest BCUT2D eigenvalue weighted by molar-refractivity contribution is 7.80. The van der Waals surface area contributed by atoms with Gasteiger partial charge in [-0.3, -0.25) is 9.78 Å². The Bertz CT molecular complexity index is 1370. The van der Waals surface area contributed by atoms with E-state index >= 15 is 0 Å². The van der Waals surface area contributed by atoms with Gasteiger partial charge in [-0.2, -0.15) is 0 Å². The van der Waals surface area contributed by atoms with Gasteiger partial charge in [0.05, 0.1) is 17.8 Å². The van der Waals surface area contributed by atoms with Gasteiger partial charge in [-0.05, 0) is 85.4 Å². The smallest absolute Gasteiger partial charge is 0.226 e. The Labute approximate surface area is 214 Å². The lowest BCUT2D eigenvalue weighted by atomic mass is 10.0. The maximum atomic E-state index is 13.6. The van der Waals surface area contributed by atoms with Crippen LogP contribution in [0.4, 0.5) is 10.1 Å². The molecule has 6 nitrogen and oxygen atoms in total. The van der Waals surface area contributed by atoms with Crippen molar-refractivity contribution in [1.29, 1.82) is 0 Å². The number of amides is 1. The Balaban J connectivity index is 1.44. The quantitative estimate of drug-likeness (QED) is 0.337. The molecule has 0 bridgehead atoms. The molecule has 0 aliphatic carbocycles. The second-order valence-electron chi connectivity index (χ2n) is 8.77. The van der Waals surface area contributed by atoms with Crippen LogP contribution in [0.1, 0.15) is 35.5 Å². The van der Waals surface area contributed by atoms with Crippen molar-refractivity contribution in [2.75, 3.05) is 11.9 Å². The number of anilines is 1. The molecule has 4 aromatic rings. The minimum atomic E-state index is -0.288. The molecule has 2 unspecified atom stereocenters. The number of carbonyl (C=O) groups is 1. The van der Waals surface area contributed by atoms with Gasteiger partial charge in [0.2, 0.25) is 5.91 Å². The molecular weight excluding hydrogens is 473 g/mol. The van der Waals surface area contributed by atoms with Crippen molar-refractivity contribution in [3.8, 4) is 5.69 Å². The fourth-order valence-electron chi connectivity index (χ4n) is 4.61. The molecule has 2 aromatic heterocycles. The zero-order chi connectivity index (χ0) is 25.1. The first kappa shape index (κ1) is 23.7. The summed E-state index contributed by atoms with van der Waals surface area (Å²) in [5, 5.41) is 6.95. The number of aromatic nitrogens is 2. The topological polar surface area (TPSA) is 62.2 Å². The van der Waals surface area contributed by atoms with E-state index in [9.17, 15) is 9.18 Å². The molecule has 3 heterocycles. The minimum absolute atomic E-state index is 0.0858. The molecule has 1 saturated heterocycles. The van der Waals surface area contributed by atoms with Gasteiger partial charge in [0.1, 0.15) is 5.82 Å². The van der Waals surface area contributed by atoms with Crippen LogP contribution in [0.15, 0.2) is 91.3 Å². The molecule has 8 heteroatoms. The summed E-state index contributed by atoms with van der Waals surface area (Å²) in [6.45, 7) is 2.41. The fraction of sp³-hybridized carbons (Fsp3) is 0.179. The zero-order valence-electron chi connectivity index (χ0n) is 19.8. The zero-order valence-corrected chi connectivity index (χ0v) is 20.6. The third-order valence-corrected chi connectivity index (χ3v) is 6.62. The van der Waals surface area contributed by atoms with Crippen molar-refractivity contribution in [1.82, 2.24) is 19.8 Å². The number of hydrogen-bond acceptors (Lipinski definition) is 3. The van der Waals surface area contributed by atoms with Crippen LogP contribution in [0.5, 0.6) is 0 Å². The van der Waals surface area contributed by atoms with E-state index in [0.29, 0.717) is 11.7 Å². The van der Waals surface area contributed by atoms with Crippen molar-refractivity contribution in [3.05, 3.63) is 114 Å². The fourth-order valence-corrected chi connectivity index (χ4v) is 4.94. The summed E-state index contributed by atoms with van der Waals surface area (Å²) in [6, 6.07) is 23.4. The number of nitrogens with one attached hydrogen (secondary N) is 2. The highest BCUT2D eigenvalue weighted by Crippen LogP contribution is 2.39. The molecule has 5 rings (SSSR count). The summed E-state index contributed by atoms with van der Waals surface area (Å²) in [5.41, 5.74) is 4.51. The van der Waals surface area contributed by atoms with Gasteiger partial charge in [-0.25, -0.2) is 4.39 Å². The van der Waals surface area contributed by atoms with E-state index in [-0.39, 0.29) is 30.2 Å². The Morgan fingerprint density at radius 2 is 1.92 bits per heavy atom. The summed E-state index contributed by atoms with van der Waals surface area (Å²) in [4.78, 5) is 19.4. The molecule has 2 N–H and O–H groups in total. The number of benzene rings is 2. The predicted molar refractivity (Wildman–Crippen MR) is 142 cm³/mol. The number of thiocarbonyl (C=S) groups is 1. The SMILES string of the molecule is Cc1cccc(NC(=O)CCN2C(=S)NC(c3ccccn3)C2c2cccn2-c2ccc(F)cc2)c1. The van der Waals surface area contributed by atoms with E-state index in [0.717, 1.165) is 28.3 Å². The van der Waals surface area contributed by atoms with Crippen molar-refractivity contribution in [3.63, 3.8) is 0 Å². The molecule has 0 radical (unpaired) electrons. The highest BCUT2D eigenvalue weighted by Gasteiger charge is 2.41. The third kappa shape index (κ3) is 4.99. The monoisotopic (exact) mass is 499 g/mol. The molecule has 2 atom stereocenters. The van der Waals surface area contributed by atoms with E-state index in [1.165, 1.54) is 12.1 Å². The van der Waals surface area contributed by atoms with Gasteiger partial charge in [0.25, 0.3) is 0 Å². The summed E-state index contributed by atoms with van der Waals surface area (Å²) in [6.07, 6.45) is 3.97. The largest absolute Gasteiger partial charge is 0.352 e. The van der Waals surface area contributed by atoms with Crippen molar-refractivity contribution < 1.29 is 9.18 Å². The minimum Gasteiger partial charge on any atom is -0.352 e. The van der Waals surface area contributed by atoms with Crippen molar-refractivity contribution in [2.45, 2.75) is 25.4 Å². The van der Waals surface area contributed by atoms with Gasteiger partial charge < -0.3 is 20.1 Å². The Morgan fingerprint density at radius 1 is 1.08 bits per heavy atom. The molecule has 1 fully saturated rings. The van der Waals surface area contributed by atoms with Crippen molar-refractivity contribution >= 4 is 28.9 Å². The Morgan fingerprint density at radius 3 is 2.67 bits per heavy atom.